The number of halogens is 7. The lowest BCUT2D eigenvalue weighted by Crippen LogP contribution is -2.57. The van der Waals surface area contributed by atoms with Gasteiger partial charge in [0, 0.05) is 62.4 Å². The molecule has 2 aliphatic rings. The Morgan fingerprint density at radius 2 is 1.56 bits per heavy atom. The van der Waals surface area contributed by atoms with E-state index in [1.165, 1.54) is 0 Å². The lowest BCUT2D eigenvalue weighted by molar-refractivity contribution is -0.137. The van der Waals surface area contributed by atoms with Crippen molar-refractivity contribution in [2.24, 2.45) is 0 Å². The summed E-state index contributed by atoms with van der Waals surface area (Å²) < 4.78 is 59.7. The van der Waals surface area contributed by atoms with Gasteiger partial charge in [0.05, 0.1) is 17.8 Å². The van der Waals surface area contributed by atoms with E-state index < -0.39 is 23.5 Å². The lowest BCUT2D eigenvalue weighted by Gasteiger charge is -2.43. The molecule has 39 heavy (non-hydrogen) atoms. The Kier molecular flexibility index (Phi) is 12.3. The molecule has 2 saturated heterocycles. The summed E-state index contributed by atoms with van der Waals surface area (Å²) in [6.07, 6.45) is -3.90. The molecule has 1 unspecified atom stereocenters. The number of carbonyl (C=O) groups is 1. The van der Waals surface area contributed by atoms with Crippen LogP contribution in [-0.4, -0.2) is 84.7 Å². The van der Waals surface area contributed by atoms with Crippen LogP contribution >= 0.6 is 36.4 Å². The van der Waals surface area contributed by atoms with Crippen LogP contribution in [0.3, 0.4) is 0 Å². The third-order valence-electron chi connectivity index (χ3n) is 6.91. The Hall–Kier alpha value is -1.62. The second-order valence-corrected chi connectivity index (χ2v) is 10.5. The van der Waals surface area contributed by atoms with Crippen molar-refractivity contribution in [3.63, 3.8) is 0 Å². The number of hydrogen-bond donors (Lipinski definition) is 0. The zero-order chi connectivity index (χ0) is 26.7. The largest absolute Gasteiger partial charge is 0.416 e. The van der Waals surface area contributed by atoms with Crippen LogP contribution in [0.15, 0.2) is 42.5 Å². The third-order valence-corrected chi connectivity index (χ3v) is 7.16. The van der Waals surface area contributed by atoms with E-state index in [1.807, 2.05) is 12.1 Å². The standard InChI is InChI=1S/C27H32ClF4N3O2.2ClH/c1-18-15-34(16-19(2)37-18)8-7-33-9-10-35(25(17-33)11-20-3-5-23(28)6-4-20)26(36)21-12-22(27(30,31)32)14-24(29)13-21;;/h3-6,12-14,18-19,25H,7-11,15-17H2,1-2H3;2*1H/t18-,19+,25?;;. The monoisotopic (exact) mass is 613 g/mol. The fourth-order valence-electron chi connectivity index (χ4n) is 5.25. The van der Waals surface area contributed by atoms with Gasteiger partial charge in [-0.05, 0) is 56.2 Å². The van der Waals surface area contributed by atoms with Crippen LogP contribution in [0, 0.1) is 5.82 Å². The molecule has 0 bridgehead atoms. The van der Waals surface area contributed by atoms with Crippen molar-refractivity contribution in [2.45, 2.75) is 44.7 Å². The number of nitrogens with zero attached hydrogens (tertiary/aromatic N) is 3. The maximum Gasteiger partial charge on any atom is 0.416 e. The van der Waals surface area contributed by atoms with Crippen molar-refractivity contribution in [1.29, 1.82) is 0 Å². The number of rotatable bonds is 6. The summed E-state index contributed by atoms with van der Waals surface area (Å²) in [4.78, 5) is 19.6. The molecule has 2 fully saturated rings. The Bertz CT molecular complexity index is 1080. The number of piperazine rings is 1. The van der Waals surface area contributed by atoms with E-state index in [1.54, 1.807) is 17.0 Å². The summed E-state index contributed by atoms with van der Waals surface area (Å²) in [5.41, 5.74) is -0.504. The highest BCUT2D eigenvalue weighted by molar-refractivity contribution is 6.30. The molecular formula is C27H34Cl3F4N3O2. The fraction of sp³-hybridized carbons (Fsp3) is 0.519. The summed E-state index contributed by atoms with van der Waals surface area (Å²) >= 11 is 6.02. The molecular weight excluding hydrogens is 581 g/mol. The number of alkyl halides is 3. The van der Waals surface area contributed by atoms with Crippen molar-refractivity contribution in [3.05, 3.63) is 70.0 Å². The summed E-state index contributed by atoms with van der Waals surface area (Å²) in [7, 11) is 0. The first-order valence-electron chi connectivity index (χ1n) is 12.5. The third kappa shape index (κ3) is 9.20. The molecule has 12 heteroatoms. The fourth-order valence-corrected chi connectivity index (χ4v) is 5.38. The van der Waals surface area contributed by atoms with Gasteiger partial charge < -0.3 is 9.64 Å². The molecule has 0 radical (unpaired) electrons. The highest BCUT2D eigenvalue weighted by atomic mass is 35.5. The number of benzene rings is 2. The van der Waals surface area contributed by atoms with Gasteiger partial charge in [-0.3, -0.25) is 14.6 Å². The minimum atomic E-state index is -4.74. The number of morpholine rings is 1. The maximum atomic E-state index is 14.1. The summed E-state index contributed by atoms with van der Waals surface area (Å²) in [6.45, 7) is 8.99. The van der Waals surface area contributed by atoms with Gasteiger partial charge in [0.15, 0.2) is 0 Å². The minimum absolute atomic E-state index is 0. The molecule has 1 amide bonds. The Morgan fingerprint density at radius 3 is 2.18 bits per heavy atom. The van der Waals surface area contributed by atoms with Gasteiger partial charge in [0.2, 0.25) is 0 Å². The Labute approximate surface area is 244 Å². The molecule has 2 aromatic carbocycles. The number of hydrogen-bond acceptors (Lipinski definition) is 4. The van der Waals surface area contributed by atoms with Crippen LogP contribution in [0.25, 0.3) is 0 Å². The van der Waals surface area contributed by atoms with Crippen molar-refractivity contribution < 1.29 is 27.1 Å². The highest BCUT2D eigenvalue weighted by Crippen LogP contribution is 2.31. The van der Waals surface area contributed by atoms with Crippen LogP contribution < -0.4 is 0 Å². The predicted octanol–water partition coefficient (Wildman–Crippen LogP) is 5.82. The van der Waals surface area contributed by atoms with E-state index in [9.17, 15) is 22.4 Å². The van der Waals surface area contributed by atoms with Crippen LogP contribution in [0.2, 0.25) is 5.02 Å². The van der Waals surface area contributed by atoms with E-state index in [4.69, 9.17) is 16.3 Å². The molecule has 0 aromatic heterocycles. The summed E-state index contributed by atoms with van der Waals surface area (Å²) in [6, 6.07) is 9.03. The number of amides is 1. The maximum absolute atomic E-state index is 14.1. The van der Waals surface area contributed by atoms with E-state index >= 15 is 0 Å². The van der Waals surface area contributed by atoms with Gasteiger partial charge in [-0.2, -0.15) is 13.2 Å². The van der Waals surface area contributed by atoms with E-state index in [-0.39, 0.29) is 48.6 Å². The molecule has 0 spiro atoms. The van der Waals surface area contributed by atoms with Crippen molar-refractivity contribution in [3.8, 4) is 0 Å². The van der Waals surface area contributed by atoms with E-state index in [0.717, 1.165) is 43.9 Å². The predicted molar refractivity (Wildman–Crippen MR) is 149 cm³/mol. The molecule has 218 valence electrons. The van der Waals surface area contributed by atoms with Gasteiger partial charge in [0.1, 0.15) is 5.82 Å². The molecule has 2 aromatic rings. The summed E-state index contributed by atoms with van der Waals surface area (Å²) in [5, 5.41) is 0.593. The van der Waals surface area contributed by atoms with E-state index in [0.29, 0.717) is 37.1 Å². The first kappa shape index (κ1) is 33.6. The molecule has 2 heterocycles. The lowest BCUT2D eigenvalue weighted by atomic mass is 10.00. The van der Waals surface area contributed by atoms with Gasteiger partial charge in [-0.25, -0.2) is 4.39 Å². The van der Waals surface area contributed by atoms with E-state index in [2.05, 4.69) is 23.6 Å². The van der Waals surface area contributed by atoms with Crippen molar-refractivity contribution >= 4 is 42.3 Å². The quantitative estimate of drug-likeness (QED) is 0.385. The van der Waals surface area contributed by atoms with Crippen LogP contribution in [-0.2, 0) is 17.3 Å². The topological polar surface area (TPSA) is 36.0 Å². The first-order valence-corrected chi connectivity index (χ1v) is 12.9. The van der Waals surface area contributed by atoms with Crippen LogP contribution in [0.1, 0.15) is 35.3 Å². The molecule has 2 aliphatic heterocycles. The normalized spacial score (nSPS) is 22.6. The SMILES string of the molecule is C[C@@H]1CN(CCN2CCN(C(=O)c3cc(F)cc(C(F)(F)F)c3)C(Cc3ccc(Cl)cc3)C2)C[C@H](C)O1.Cl.Cl. The van der Waals surface area contributed by atoms with Crippen molar-refractivity contribution in [1.82, 2.24) is 14.7 Å². The highest BCUT2D eigenvalue weighted by Gasteiger charge is 2.35. The molecule has 0 N–H and O–H groups in total. The number of ether oxygens (including phenoxy) is 1. The zero-order valence-electron chi connectivity index (χ0n) is 21.8. The second kappa shape index (κ2) is 14.3. The van der Waals surface area contributed by atoms with Gasteiger partial charge in [-0.1, -0.05) is 23.7 Å². The smallest absolute Gasteiger partial charge is 0.373 e. The average Bonchev–Trinajstić information content (AvgIpc) is 2.82. The Balaban J connectivity index is 0.00000267. The molecule has 0 saturated carbocycles. The molecule has 5 nitrogen and oxygen atoms in total. The molecule has 3 atom stereocenters. The Morgan fingerprint density at radius 1 is 0.949 bits per heavy atom. The van der Waals surface area contributed by atoms with Crippen LogP contribution in [0.5, 0.6) is 0 Å². The first-order chi connectivity index (χ1) is 17.5. The molecule has 0 aliphatic carbocycles. The molecule has 4 rings (SSSR count). The second-order valence-electron chi connectivity index (χ2n) is 10.0. The van der Waals surface area contributed by atoms with Gasteiger partial charge >= 0.3 is 6.18 Å². The number of carbonyl (C=O) groups excluding carboxylic acids is 1. The summed E-state index contributed by atoms with van der Waals surface area (Å²) in [5.74, 6) is -1.68. The minimum Gasteiger partial charge on any atom is -0.373 e. The zero-order valence-corrected chi connectivity index (χ0v) is 24.2. The van der Waals surface area contributed by atoms with Gasteiger partial charge in [-0.15, -0.1) is 24.8 Å². The van der Waals surface area contributed by atoms with Crippen molar-refractivity contribution in [2.75, 3.05) is 45.8 Å². The van der Waals surface area contributed by atoms with Crippen LogP contribution in [0.4, 0.5) is 17.6 Å². The average molecular weight is 615 g/mol. The van der Waals surface area contributed by atoms with Gasteiger partial charge in [0.25, 0.3) is 5.91 Å².